The third-order valence-corrected chi connectivity index (χ3v) is 4.86. The molecule has 2 atom stereocenters. The number of carbonyl (C=O) groups excluding carboxylic acids is 4. The molecule has 4 N–H and O–H groups in total. The predicted molar refractivity (Wildman–Crippen MR) is 149 cm³/mol. The van der Waals surface area contributed by atoms with Crippen molar-refractivity contribution in [2.24, 2.45) is 0 Å². The van der Waals surface area contributed by atoms with Crippen molar-refractivity contribution in [3.05, 3.63) is 59.7 Å². The van der Waals surface area contributed by atoms with E-state index in [1.54, 1.807) is 0 Å². The van der Waals surface area contributed by atoms with Gasteiger partial charge in [0, 0.05) is 12.2 Å². The molecule has 2 rings (SSSR count). The van der Waals surface area contributed by atoms with Gasteiger partial charge in [0.05, 0.1) is 0 Å². The quantitative estimate of drug-likeness (QED) is 0.145. The highest BCUT2D eigenvalue weighted by molar-refractivity contribution is 5.94. The van der Waals surface area contributed by atoms with Crippen molar-refractivity contribution in [3.8, 4) is 23.0 Å². The number of rotatable bonds is 9. The largest absolute Gasteiger partial charge is 0.504 e. The average molecular weight is 587 g/mol. The van der Waals surface area contributed by atoms with Gasteiger partial charge in [-0.3, -0.25) is 0 Å². The number of ether oxygens (including phenoxy) is 4. The molecule has 0 fully saturated rings. The molecule has 0 aliphatic heterocycles. The Morgan fingerprint density at radius 1 is 0.595 bits per heavy atom. The van der Waals surface area contributed by atoms with Crippen LogP contribution in [-0.4, -0.2) is 67.7 Å². The summed E-state index contributed by atoms with van der Waals surface area (Å²) >= 11 is 0. The molecular weight excluding hydrogens is 552 g/mol. The zero-order chi connectivity index (χ0) is 31.8. The van der Waals surface area contributed by atoms with Crippen LogP contribution < -0.4 is 0 Å². The van der Waals surface area contributed by atoms with Crippen LogP contribution in [0.25, 0.3) is 12.2 Å². The van der Waals surface area contributed by atoms with Crippen molar-refractivity contribution in [2.75, 3.05) is 0 Å². The fraction of sp³-hybridized carbons (Fsp3) is 0.333. The normalized spacial score (nSPS) is 13.4. The lowest BCUT2D eigenvalue weighted by Gasteiger charge is -2.29. The monoisotopic (exact) mass is 586 g/mol. The highest BCUT2D eigenvalue weighted by atomic mass is 16.6. The molecule has 0 aliphatic rings. The summed E-state index contributed by atoms with van der Waals surface area (Å²) in [6.07, 6.45) is -0.0162. The van der Waals surface area contributed by atoms with Crippen LogP contribution in [-0.2, 0) is 38.1 Å². The number of esters is 4. The maximum atomic E-state index is 13.1. The number of hydrogen-bond donors (Lipinski definition) is 4. The molecule has 0 spiro atoms. The van der Waals surface area contributed by atoms with Gasteiger partial charge in [-0.1, -0.05) is 12.1 Å². The molecule has 2 aromatic carbocycles. The first kappa shape index (κ1) is 33.2. The number of aromatic hydroxyl groups is 4. The number of carbonyl (C=O) groups is 4. The van der Waals surface area contributed by atoms with Gasteiger partial charge in [0.2, 0.25) is 12.2 Å². The summed E-state index contributed by atoms with van der Waals surface area (Å²) in [5, 5.41) is 38.2. The third-order valence-electron chi connectivity index (χ3n) is 4.86. The van der Waals surface area contributed by atoms with Gasteiger partial charge in [0.25, 0.3) is 0 Å². The van der Waals surface area contributed by atoms with Crippen LogP contribution in [0.2, 0.25) is 0 Å². The lowest BCUT2D eigenvalue weighted by molar-refractivity contribution is -0.197. The van der Waals surface area contributed by atoms with Crippen molar-refractivity contribution >= 4 is 36.0 Å². The maximum Gasteiger partial charge on any atom is 0.352 e. The lowest BCUT2D eigenvalue weighted by atomic mass is 10.1. The van der Waals surface area contributed by atoms with Gasteiger partial charge < -0.3 is 39.4 Å². The SMILES string of the molecule is CC(C)(C)OC(=O)[C@H](OC(=O)/C=C/c1ccc(O)c(O)c1)[C@@H](OC(=O)/C=C/c1ccc(O)c(O)c1)C(=O)OC(C)(C)C. The Bertz CT molecular complexity index is 1270. The second kappa shape index (κ2) is 13.6. The van der Waals surface area contributed by atoms with Crippen molar-refractivity contribution in [1.29, 1.82) is 0 Å². The maximum absolute atomic E-state index is 13.1. The van der Waals surface area contributed by atoms with Gasteiger partial charge in [-0.15, -0.1) is 0 Å². The molecule has 0 aromatic heterocycles. The van der Waals surface area contributed by atoms with E-state index in [0.717, 1.165) is 24.3 Å². The van der Waals surface area contributed by atoms with Gasteiger partial charge in [0.1, 0.15) is 11.2 Å². The van der Waals surface area contributed by atoms with Crippen LogP contribution in [0.5, 0.6) is 23.0 Å². The topological polar surface area (TPSA) is 186 Å². The zero-order valence-electron chi connectivity index (χ0n) is 24.0. The number of phenols is 4. The molecule has 0 radical (unpaired) electrons. The van der Waals surface area contributed by atoms with Crippen LogP contribution >= 0.6 is 0 Å². The summed E-state index contributed by atoms with van der Waals surface area (Å²) in [4.78, 5) is 51.8. The number of benzene rings is 2. The molecule has 0 saturated heterocycles. The first-order chi connectivity index (χ1) is 19.3. The first-order valence-electron chi connectivity index (χ1n) is 12.6. The summed E-state index contributed by atoms with van der Waals surface area (Å²) in [7, 11) is 0. The van der Waals surface area contributed by atoms with E-state index >= 15 is 0 Å². The van der Waals surface area contributed by atoms with Gasteiger partial charge in [0.15, 0.2) is 23.0 Å². The fourth-order valence-corrected chi connectivity index (χ4v) is 3.13. The van der Waals surface area contributed by atoms with Crippen LogP contribution in [0.3, 0.4) is 0 Å². The Morgan fingerprint density at radius 3 is 1.21 bits per heavy atom. The Kier molecular flexibility index (Phi) is 10.7. The van der Waals surface area contributed by atoms with Gasteiger partial charge in [-0.05, 0) is 89.1 Å². The van der Waals surface area contributed by atoms with Gasteiger partial charge >= 0.3 is 23.9 Å². The van der Waals surface area contributed by atoms with E-state index in [4.69, 9.17) is 18.9 Å². The molecule has 0 unspecified atom stereocenters. The summed E-state index contributed by atoms with van der Waals surface area (Å²) in [6.45, 7) is 9.20. The number of phenolic OH excluding ortho intramolecular Hbond substituents is 4. The fourth-order valence-electron chi connectivity index (χ4n) is 3.13. The summed E-state index contributed by atoms with van der Waals surface area (Å²) < 4.78 is 21.1. The molecule has 0 amide bonds. The van der Waals surface area contributed by atoms with Crippen LogP contribution in [0.15, 0.2) is 48.6 Å². The molecule has 0 aliphatic carbocycles. The Balaban J connectivity index is 2.41. The smallest absolute Gasteiger partial charge is 0.352 e. The van der Waals surface area contributed by atoms with E-state index in [-0.39, 0.29) is 22.6 Å². The van der Waals surface area contributed by atoms with Crippen LogP contribution in [0.1, 0.15) is 52.7 Å². The molecule has 0 bridgehead atoms. The Morgan fingerprint density at radius 2 is 0.929 bits per heavy atom. The van der Waals surface area contributed by atoms with E-state index in [1.165, 1.54) is 78.0 Å². The van der Waals surface area contributed by atoms with E-state index in [1.807, 2.05) is 0 Å². The molecule has 12 heteroatoms. The summed E-state index contributed by atoms with van der Waals surface area (Å²) in [6, 6.07) is 7.47. The van der Waals surface area contributed by atoms with E-state index in [9.17, 15) is 39.6 Å². The van der Waals surface area contributed by atoms with Crippen molar-refractivity contribution in [2.45, 2.75) is 65.0 Å². The van der Waals surface area contributed by atoms with Crippen molar-refractivity contribution in [1.82, 2.24) is 0 Å². The molecule has 12 nitrogen and oxygen atoms in total. The van der Waals surface area contributed by atoms with E-state index in [2.05, 4.69) is 0 Å². The highest BCUT2D eigenvalue weighted by Crippen LogP contribution is 2.26. The molecule has 42 heavy (non-hydrogen) atoms. The minimum atomic E-state index is -2.10. The van der Waals surface area contributed by atoms with Crippen molar-refractivity contribution < 1.29 is 58.6 Å². The molecule has 2 aromatic rings. The van der Waals surface area contributed by atoms with E-state index < -0.39 is 58.8 Å². The lowest BCUT2D eigenvalue weighted by Crippen LogP contribution is -2.49. The number of hydrogen-bond acceptors (Lipinski definition) is 12. The van der Waals surface area contributed by atoms with Crippen molar-refractivity contribution in [3.63, 3.8) is 0 Å². The standard InChI is InChI=1S/C30H34O12/c1-29(2,3)41-27(37)25(39-23(35)13-9-17-7-11-19(31)21(33)15-17)26(28(38)42-30(4,5)6)40-24(36)14-10-18-8-12-20(32)22(34)16-18/h7-16,25-26,31-34H,1-6H3/b13-9+,14-10+/t25-,26-/m1/s1. The average Bonchev–Trinajstić information content (AvgIpc) is 2.85. The third kappa shape index (κ3) is 10.9. The van der Waals surface area contributed by atoms with Crippen LogP contribution in [0.4, 0.5) is 0 Å². The minimum Gasteiger partial charge on any atom is -0.504 e. The Labute approximate surface area is 242 Å². The highest BCUT2D eigenvalue weighted by Gasteiger charge is 2.44. The summed E-state index contributed by atoms with van der Waals surface area (Å²) in [5.74, 6) is -6.33. The minimum absolute atomic E-state index is 0.289. The molecule has 0 heterocycles. The molecular formula is C30H34O12. The molecule has 226 valence electrons. The zero-order valence-corrected chi connectivity index (χ0v) is 24.0. The first-order valence-corrected chi connectivity index (χ1v) is 12.6. The van der Waals surface area contributed by atoms with Gasteiger partial charge in [-0.2, -0.15) is 0 Å². The Hall–Kier alpha value is -5.00. The second-order valence-electron chi connectivity index (χ2n) is 10.9. The van der Waals surface area contributed by atoms with Gasteiger partial charge in [-0.25, -0.2) is 19.2 Å². The summed E-state index contributed by atoms with van der Waals surface area (Å²) in [5.41, 5.74) is -1.61. The van der Waals surface area contributed by atoms with E-state index in [0.29, 0.717) is 0 Å². The molecule has 0 saturated carbocycles. The van der Waals surface area contributed by atoms with Crippen LogP contribution in [0, 0.1) is 0 Å². The predicted octanol–water partition coefficient (Wildman–Crippen LogP) is 3.74. The second-order valence-corrected chi connectivity index (χ2v) is 10.9.